The molecule has 0 aromatic carbocycles. The molecule has 1 amide bonds. The number of carbonyl (C=O) groups excluding carboxylic acids is 1. The number of rotatable bonds is 5. The Labute approximate surface area is 123 Å². The molecule has 4 nitrogen and oxygen atoms in total. The first-order valence-corrected chi connectivity index (χ1v) is 8.29. The fourth-order valence-electron chi connectivity index (χ4n) is 3.77. The third-order valence-corrected chi connectivity index (χ3v) is 4.94. The van der Waals surface area contributed by atoms with Crippen molar-refractivity contribution in [1.82, 2.24) is 10.2 Å². The highest BCUT2D eigenvalue weighted by Crippen LogP contribution is 2.40. The Hall–Kier alpha value is -0.610. The maximum absolute atomic E-state index is 12.3. The van der Waals surface area contributed by atoms with Gasteiger partial charge in [0.2, 0.25) is 5.91 Å². The molecule has 4 heteroatoms. The second kappa shape index (κ2) is 6.90. The van der Waals surface area contributed by atoms with E-state index in [-0.39, 0.29) is 17.6 Å². The molecule has 0 aromatic heterocycles. The van der Waals surface area contributed by atoms with Crippen LogP contribution in [0.5, 0.6) is 0 Å². The molecule has 20 heavy (non-hydrogen) atoms. The van der Waals surface area contributed by atoms with Crippen LogP contribution in [0.25, 0.3) is 0 Å². The van der Waals surface area contributed by atoms with E-state index in [4.69, 9.17) is 4.74 Å². The van der Waals surface area contributed by atoms with Crippen molar-refractivity contribution in [3.63, 3.8) is 0 Å². The topological polar surface area (TPSA) is 41.6 Å². The van der Waals surface area contributed by atoms with E-state index in [1.54, 1.807) is 0 Å². The molecule has 2 unspecified atom stereocenters. The molecule has 1 saturated carbocycles. The summed E-state index contributed by atoms with van der Waals surface area (Å²) < 4.78 is 6.05. The second-order valence-corrected chi connectivity index (χ2v) is 6.33. The summed E-state index contributed by atoms with van der Waals surface area (Å²) in [6, 6.07) is 0.341. The lowest BCUT2D eigenvalue weighted by atomic mass is 9.88. The van der Waals surface area contributed by atoms with E-state index in [1.807, 2.05) is 25.7 Å². The Bertz CT molecular complexity index is 322. The summed E-state index contributed by atoms with van der Waals surface area (Å²) in [6.07, 6.45) is 7.08. The van der Waals surface area contributed by atoms with Crippen LogP contribution in [0.15, 0.2) is 0 Å². The number of hydrogen-bond acceptors (Lipinski definition) is 3. The van der Waals surface area contributed by atoms with Gasteiger partial charge in [-0.15, -0.1) is 0 Å². The van der Waals surface area contributed by atoms with Crippen LogP contribution in [-0.2, 0) is 9.53 Å². The van der Waals surface area contributed by atoms with E-state index in [1.165, 1.54) is 25.7 Å². The highest BCUT2D eigenvalue weighted by Gasteiger charge is 2.40. The van der Waals surface area contributed by atoms with E-state index < -0.39 is 0 Å². The maximum Gasteiger partial charge on any atom is 0.239 e. The lowest BCUT2D eigenvalue weighted by molar-refractivity contribution is -0.133. The molecule has 1 aliphatic carbocycles. The second-order valence-electron chi connectivity index (χ2n) is 6.33. The average molecular weight is 282 g/mol. The van der Waals surface area contributed by atoms with Gasteiger partial charge < -0.3 is 15.0 Å². The zero-order valence-electron chi connectivity index (χ0n) is 13.3. The van der Waals surface area contributed by atoms with Crippen LogP contribution in [0.3, 0.4) is 0 Å². The van der Waals surface area contributed by atoms with Gasteiger partial charge in [-0.25, -0.2) is 0 Å². The Morgan fingerprint density at radius 3 is 2.60 bits per heavy atom. The number of amides is 1. The third kappa shape index (κ3) is 3.53. The number of nitrogens with one attached hydrogen (secondary N) is 1. The minimum Gasteiger partial charge on any atom is -0.375 e. The van der Waals surface area contributed by atoms with Crippen molar-refractivity contribution >= 4 is 5.91 Å². The molecule has 0 radical (unpaired) electrons. The fraction of sp³-hybridized carbons (Fsp3) is 0.938. The summed E-state index contributed by atoms with van der Waals surface area (Å²) in [7, 11) is 0. The third-order valence-electron chi connectivity index (χ3n) is 4.94. The zero-order valence-corrected chi connectivity index (χ0v) is 13.3. The first-order valence-electron chi connectivity index (χ1n) is 8.29. The first kappa shape index (κ1) is 15.8. The van der Waals surface area contributed by atoms with Gasteiger partial charge in [-0.05, 0) is 46.5 Å². The van der Waals surface area contributed by atoms with Crippen LogP contribution >= 0.6 is 0 Å². The highest BCUT2D eigenvalue weighted by atomic mass is 16.5. The summed E-state index contributed by atoms with van der Waals surface area (Å²) in [5.74, 6) is 0.224. The van der Waals surface area contributed by atoms with Crippen molar-refractivity contribution in [3.8, 4) is 0 Å². The first-order chi connectivity index (χ1) is 9.60. The monoisotopic (exact) mass is 282 g/mol. The molecule has 2 rings (SSSR count). The van der Waals surface area contributed by atoms with Gasteiger partial charge in [0, 0.05) is 25.7 Å². The Morgan fingerprint density at radius 1 is 1.35 bits per heavy atom. The van der Waals surface area contributed by atoms with Crippen LogP contribution in [0.4, 0.5) is 0 Å². The van der Waals surface area contributed by atoms with Gasteiger partial charge in [-0.1, -0.05) is 12.8 Å². The quantitative estimate of drug-likeness (QED) is 0.841. The summed E-state index contributed by atoms with van der Waals surface area (Å²) in [5, 5.41) is 3.55. The molecule has 1 heterocycles. The summed E-state index contributed by atoms with van der Waals surface area (Å²) in [5.41, 5.74) is 0.119. The van der Waals surface area contributed by atoms with Crippen molar-refractivity contribution in [3.05, 3.63) is 0 Å². The Kier molecular flexibility index (Phi) is 5.44. The van der Waals surface area contributed by atoms with Crippen molar-refractivity contribution in [1.29, 1.82) is 0 Å². The van der Waals surface area contributed by atoms with Gasteiger partial charge in [0.1, 0.15) is 0 Å². The lowest BCUT2D eigenvalue weighted by Gasteiger charge is -2.39. The lowest BCUT2D eigenvalue weighted by Crippen LogP contribution is -2.52. The van der Waals surface area contributed by atoms with Crippen LogP contribution in [-0.4, -0.2) is 48.2 Å². The number of ether oxygens (including phenoxy) is 1. The smallest absolute Gasteiger partial charge is 0.239 e. The van der Waals surface area contributed by atoms with E-state index in [9.17, 15) is 4.79 Å². The molecule has 2 fully saturated rings. The Balaban J connectivity index is 1.87. The summed E-state index contributed by atoms with van der Waals surface area (Å²) >= 11 is 0. The van der Waals surface area contributed by atoms with Gasteiger partial charge in [0.05, 0.1) is 11.6 Å². The summed E-state index contributed by atoms with van der Waals surface area (Å²) in [6.45, 7) is 8.49. The fourth-order valence-corrected chi connectivity index (χ4v) is 3.77. The summed E-state index contributed by atoms with van der Waals surface area (Å²) in [4.78, 5) is 14.2. The van der Waals surface area contributed by atoms with Crippen LogP contribution in [0, 0.1) is 0 Å². The number of likely N-dealkylation sites (N-methyl/N-ethyl adjacent to an activating group) is 1. The molecule has 1 N–H and O–H groups in total. The van der Waals surface area contributed by atoms with Crippen molar-refractivity contribution in [2.45, 2.75) is 77.0 Å². The van der Waals surface area contributed by atoms with E-state index in [0.717, 1.165) is 32.5 Å². The van der Waals surface area contributed by atoms with Crippen molar-refractivity contribution in [2.24, 2.45) is 0 Å². The molecule has 1 saturated heterocycles. The molecular weight excluding hydrogens is 252 g/mol. The predicted octanol–water partition coefficient (Wildman–Crippen LogP) is 2.32. The molecular formula is C16H30N2O2. The molecule has 2 atom stereocenters. The number of hydrogen-bond donors (Lipinski definition) is 1. The largest absolute Gasteiger partial charge is 0.375 e. The van der Waals surface area contributed by atoms with Crippen LogP contribution in [0.2, 0.25) is 0 Å². The van der Waals surface area contributed by atoms with Gasteiger partial charge in [0.25, 0.3) is 0 Å². The maximum atomic E-state index is 12.3. The van der Waals surface area contributed by atoms with Crippen LogP contribution < -0.4 is 5.32 Å². The van der Waals surface area contributed by atoms with Gasteiger partial charge >= 0.3 is 0 Å². The molecule has 2 aliphatic rings. The van der Waals surface area contributed by atoms with Crippen LogP contribution in [0.1, 0.15) is 59.3 Å². The normalized spacial score (nSPS) is 26.6. The average Bonchev–Trinajstić information content (AvgIpc) is 2.88. The van der Waals surface area contributed by atoms with Gasteiger partial charge in [-0.2, -0.15) is 0 Å². The molecule has 0 aromatic rings. The van der Waals surface area contributed by atoms with E-state index in [2.05, 4.69) is 5.32 Å². The standard InChI is InChI=1S/C16H30N2O2/c1-4-18(5-2)15(19)13(3)17-14-8-11-20-16(12-14)9-6-7-10-16/h13-14,17H,4-12H2,1-3H3. The molecule has 1 spiro atoms. The van der Waals surface area contributed by atoms with Gasteiger partial charge in [-0.3, -0.25) is 4.79 Å². The SMILES string of the molecule is CCN(CC)C(=O)C(C)NC1CCOC2(CCCC2)C1. The molecule has 116 valence electrons. The highest BCUT2D eigenvalue weighted by molar-refractivity contribution is 5.81. The zero-order chi connectivity index (χ0) is 14.6. The minimum absolute atomic E-state index is 0.0866. The Morgan fingerprint density at radius 2 is 2.00 bits per heavy atom. The molecule has 1 aliphatic heterocycles. The minimum atomic E-state index is -0.0866. The molecule has 0 bridgehead atoms. The van der Waals surface area contributed by atoms with E-state index >= 15 is 0 Å². The predicted molar refractivity (Wildman–Crippen MR) is 80.7 cm³/mol. The van der Waals surface area contributed by atoms with Gasteiger partial charge in [0.15, 0.2) is 0 Å². The van der Waals surface area contributed by atoms with Crippen molar-refractivity contribution < 1.29 is 9.53 Å². The van der Waals surface area contributed by atoms with Crippen molar-refractivity contribution in [2.75, 3.05) is 19.7 Å². The number of carbonyl (C=O) groups is 1. The van der Waals surface area contributed by atoms with E-state index in [0.29, 0.717) is 6.04 Å². The number of nitrogens with zero attached hydrogens (tertiary/aromatic N) is 1.